The molecule has 1 aromatic rings. The third kappa shape index (κ3) is 1.56. The lowest BCUT2D eigenvalue weighted by Crippen LogP contribution is -2.40. The van der Waals surface area contributed by atoms with Crippen LogP contribution in [-0.4, -0.2) is 19.5 Å². The van der Waals surface area contributed by atoms with Gasteiger partial charge in [0.15, 0.2) is 0 Å². The minimum atomic E-state index is -0.361. The van der Waals surface area contributed by atoms with Crippen molar-refractivity contribution in [3.63, 3.8) is 0 Å². The molecule has 86 valence electrons. The van der Waals surface area contributed by atoms with E-state index in [2.05, 4.69) is 18.3 Å². The van der Waals surface area contributed by atoms with E-state index in [1.165, 1.54) is 5.56 Å². The number of carbonyl (C=O) groups is 1. The molecule has 2 rings (SSSR count). The first-order chi connectivity index (χ1) is 7.43. The largest absolute Gasteiger partial charge is 0.382 e. The van der Waals surface area contributed by atoms with Crippen LogP contribution < -0.4 is 10.2 Å². The lowest BCUT2D eigenvalue weighted by Gasteiger charge is -2.25. The number of benzene rings is 1. The first-order valence-corrected chi connectivity index (χ1v) is 5.55. The van der Waals surface area contributed by atoms with Gasteiger partial charge in [-0.1, -0.05) is 12.1 Å². The van der Waals surface area contributed by atoms with Crippen LogP contribution in [0, 0.1) is 12.3 Å². The van der Waals surface area contributed by atoms with Crippen LogP contribution in [0.2, 0.25) is 0 Å². The normalized spacial score (nSPS) is 18.8. The van der Waals surface area contributed by atoms with E-state index in [0.29, 0.717) is 6.54 Å². The van der Waals surface area contributed by atoms with E-state index in [1.807, 2.05) is 33.0 Å². The van der Waals surface area contributed by atoms with E-state index in [4.69, 9.17) is 0 Å². The van der Waals surface area contributed by atoms with Gasteiger partial charge in [-0.25, -0.2) is 0 Å². The van der Waals surface area contributed by atoms with Gasteiger partial charge in [-0.2, -0.15) is 0 Å². The second-order valence-corrected chi connectivity index (χ2v) is 5.07. The maximum Gasteiger partial charge on any atom is 0.234 e. The number of para-hydroxylation sites is 1. The van der Waals surface area contributed by atoms with Crippen LogP contribution in [-0.2, 0) is 4.79 Å². The van der Waals surface area contributed by atoms with Gasteiger partial charge in [0.25, 0.3) is 0 Å². The van der Waals surface area contributed by atoms with Crippen LogP contribution in [0.1, 0.15) is 19.4 Å². The van der Waals surface area contributed by atoms with E-state index in [1.54, 1.807) is 4.90 Å². The molecule has 3 nitrogen and oxygen atoms in total. The molecule has 0 atom stereocenters. The quantitative estimate of drug-likeness (QED) is 0.725. The number of amides is 1. The first-order valence-electron chi connectivity index (χ1n) is 5.55. The number of aryl methyl sites for hydroxylation is 1. The number of hydrogen-bond donors (Lipinski definition) is 1. The van der Waals surface area contributed by atoms with Crippen LogP contribution >= 0.6 is 0 Å². The summed E-state index contributed by atoms with van der Waals surface area (Å²) in [6, 6.07) is 6.02. The second-order valence-electron chi connectivity index (χ2n) is 5.07. The van der Waals surface area contributed by atoms with Crippen molar-refractivity contribution >= 4 is 17.3 Å². The Morgan fingerprint density at radius 3 is 2.75 bits per heavy atom. The summed E-state index contributed by atoms with van der Waals surface area (Å²) < 4.78 is 0. The molecule has 0 saturated carbocycles. The Morgan fingerprint density at radius 2 is 2.06 bits per heavy atom. The third-order valence-electron chi connectivity index (χ3n) is 3.20. The zero-order chi connectivity index (χ0) is 11.9. The van der Waals surface area contributed by atoms with Crippen molar-refractivity contribution in [3.05, 3.63) is 23.8 Å². The number of nitrogens with one attached hydrogen (secondary N) is 1. The fourth-order valence-electron chi connectivity index (χ4n) is 2.11. The highest BCUT2D eigenvalue weighted by atomic mass is 16.2. The number of rotatable bonds is 0. The molecule has 0 saturated heterocycles. The fourth-order valence-corrected chi connectivity index (χ4v) is 2.11. The smallest absolute Gasteiger partial charge is 0.234 e. The lowest BCUT2D eigenvalue weighted by atomic mass is 9.92. The van der Waals surface area contributed by atoms with Gasteiger partial charge in [-0.05, 0) is 32.4 Å². The number of nitrogens with zero attached hydrogens (tertiary/aromatic N) is 1. The summed E-state index contributed by atoms with van der Waals surface area (Å²) in [7, 11) is 1.84. The van der Waals surface area contributed by atoms with Gasteiger partial charge in [-0.3, -0.25) is 4.79 Å². The predicted molar refractivity (Wildman–Crippen MR) is 66.9 cm³/mol. The Morgan fingerprint density at radius 1 is 1.38 bits per heavy atom. The minimum absolute atomic E-state index is 0.157. The van der Waals surface area contributed by atoms with Gasteiger partial charge < -0.3 is 10.2 Å². The van der Waals surface area contributed by atoms with Gasteiger partial charge in [0.2, 0.25) is 5.91 Å². The van der Waals surface area contributed by atoms with Gasteiger partial charge in [0.1, 0.15) is 0 Å². The summed E-state index contributed by atoms with van der Waals surface area (Å²) in [5, 5.41) is 3.38. The van der Waals surface area contributed by atoms with Crippen molar-refractivity contribution in [2.24, 2.45) is 5.41 Å². The molecule has 0 spiro atoms. The van der Waals surface area contributed by atoms with Crippen molar-refractivity contribution in [1.29, 1.82) is 0 Å². The molecule has 16 heavy (non-hydrogen) atoms. The monoisotopic (exact) mass is 218 g/mol. The van der Waals surface area contributed by atoms with Crippen molar-refractivity contribution < 1.29 is 4.79 Å². The zero-order valence-electron chi connectivity index (χ0n) is 10.3. The molecule has 1 heterocycles. The highest BCUT2D eigenvalue weighted by Gasteiger charge is 2.34. The van der Waals surface area contributed by atoms with Crippen molar-refractivity contribution in [3.8, 4) is 0 Å². The average molecular weight is 218 g/mol. The fraction of sp³-hybridized carbons (Fsp3) is 0.462. The van der Waals surface area contributed by atoms with Gasteiger partial charge in [0.05, 0.1) is 16.8 Å². The molecule has 0 bridgehead atoms. The summed E-state index contributed by atoms with van der Waals surface area (Å²) in [5.41, 5.74) is 2.86. The van der Waals surface area contributed by atoms with E-state index in [9.17, 15) is 4.79 Å². The number of fused-ring (bicyclic) bond motifs is 1. The van der Waals surface area contributed by atoms with Crippen LogP contribution in [0.5, 0.6) is 0 Å². The molecular weight excluding hydrogens is 200 g/mol. The number of carbonyl (C=O) groups excluding carboxylic acids is 1. The Labute approximate surface area is 96.5 Å². The summed E-state index contributed by atoms with van der Waals surface area (Å²) in [4.78, 5) is 14.0. The SMILES string of the molecule is Cc1cccc2c1NCC(C)(C)C(=O)N2C. The lowest BCUT2D eigenvalue weighted by molar-refractivity contribution is -0.125. The Kier molecular flexibility index (Phi) is 2.41. The number of hydrogen-bond acceptors (Lipinski definition) is 2. The summed E-state index contributed by atoms with van der Waals surface area (Å²) in [6.07, 6.45) is 0. The minimum Gasteiger partial charge on any atom is -0.382 e. The van der Waals surface area contributed by atoms with E-state index in [-0.39, 0.29) is 11.3 Å². The molecule has 0 radical (unpaired) electrons. The third-order valence-corrected chi connectivity index (χ3v) is 3.20. The van der Waals surface area contributed by atoms with Crippen LogP contribution in [0.3, 0.4) is 0 Å². The molecule has 3 heteroatoms. The van der Waals surface area contributed by atoms with E-state index >= 15 is 0 Å². The molecule has 1 aliphatic heterocycles. The predicted octanol–water partition coefficient (Wildman–Crippen LogP) is 2.41. The maximum absolute atomic E-state index is 12.2. The Hall–Kier alpha value is -1.51. The van der Waals surface area contributed by atoms with Gasteiger partial charge >= 0.3 is 0 Å². The summed E-state index contributed by atoms with van der Waals surface area (Å²) in [5.74, 6) is 0.157. The van der Waals surface area contributed by atoms with Crippen molar-refractivity contribution in [1.82, 2.24) is 0 Å². The highest BCUT2D eigenvalue weighted by molar-refractivity contribution is 6.01. The maximum atomic E-state index is 12.2. The molecule has 0 aliphatic carbocycles. The van der Waals surface area contributed by atoms with Crippen molar-refractivity contribution in [2.75, 3.05) is 23.8 Å². The zero-order valence-corrected chi connectivity index (χ0v) is 10.3. The molecule has 1 aromatic carbocycles. The average Bonchev–Trinajstić information content (AvgIpc) is 2.32. The van der Waals surface area contributed by atoms with Gasteiger partial charge in [0, 0.05) is 13.6 Å². The van der Waals surface area contributed by atoms with E-state index < -0.39 is 0 Å². The Bertz CT molecular complexity index is 438. The van der Waals surface area contributed by atoms with Crippen molar-refractivity contribution in [2.45, 2.75) is 20.8 Å². The Balaban J connectivity index is 2.55. The molecule has 1 aliphatic rings. The molecular formula is C13H18N2O. The second kappa shape index (κ2) is 3.51. The first kappa shape index (κ1) is 11.0. The molecule has 0 fully saturated rings. The van der Waals surface area contributed by atoms with Crippen LogP contribution in [0.15, 0.2) is 18.2 Å². The topological polar surface area (TPSA) is 32.3 Å². The van der Waals surface area contributed by atoms with Crippen LogP contribution in [0.25, 0.3) is 0 Å². The summed E-state index contributed by atoms with van der Waals surface area (Å²) in [6.45, 7) is 6.68. The molecule has 0 unspecified atom stereocenters. The molecule has 1 amide bonds. The van der Waals surface area contributed by atoms with E-state index in [0.717, 1.165) is 11.4 Å². The van der Waals surface area contributed by atoms with Gasteiger partial charge in [-0.15, -0.1) is 0 Å². The summed E-state index contributed by atoms with van der Waals surface area (Å²) >= 11 is 0. The number of anilines is 2. The highest BCUT2D eigenvalue weighted by Crippen LogP contribution is 2.35. The standard InChI is InChI=1S/C13H18N2O/c1-9-6-5-7-10-11(9)14-8-13(2,3)12(16)15(10)4/h5-7,14H,8H2,1-4H3. The molecule has 1 N–H and O–H groups in total. The van der Waals surface area contributed by atoms with Crippen LogP contribution in [0.4, 0.5) is 11.4 Å². The molecule has 0 aromatic heterocycles.